The highest BCUT2D eigenvalue weighted by Gasteiger charge is 2.09. The number of carbonyl (C=O) groups is 1. The van der Waals surface area contributed by atoms with Crippen LogP contribution in [0.25, 0.3) is 0 Å². The van der Waals surface area contributed by atoms with Gasteiger partial charge in [-0.15, -0.1) is 0 Å². The highest BCUT2D eigenvalue weighted by molar-refractivity contribution is 5.91. The molecule has 8 heteroatoms. The predicted octanol–water partition coefficient (Wildman–Crippen LogP) is -0.103. The van der Waals surface area contributed by atoms with Gasteiger partial charge in [0.2, 0.25) is 5.91 Å². The van der Waals surface area contributed by atoms with Gasteiger partial charge in [-0.05, 0) is 18.2 Å². The predicted molar refractivity (Wildman–Crippen MR) is 70.8 cm³/mol. The summed E-state index contributed by atoms with van der Waals surface area (Å²) in [6.45, 7) is -0.357. The Bertz CT molecular complexity index is 766. The van der Waals surface area contributed by atoms with Crippen LogP contribution in [0.3, 0.4) is 0 Å². The minimum atomic E-state index is -0.722. The van der Waals surface area contributed by atoms with Crippen molar-refractivity contribution >= 4 is 17.3 Å². The zero-order valence-corrected chi connectivity index (χ0v) is 10.2. The third kappa shape index (κ3) is 3.10. The van der Waals surface area contributed by atoms with Gasteiger partial charge in [-0.2, -0.15) is 0 Å². The fourth-order valence-corrected chi connectivity index (χ4v) is 1.55. The molecule has 0 spiro atoms. The quantitative estimate of drug-likeness (QED) is 0.681. The lowest BCUT2D eigenvalue weighted by molar-refractivity contribution is -0.116. The van der Waals surface area contributed by atoms with Gasteiger partial charge in [0.05, 0.1) is 5.69 Å². The minimum Gasteiger partial charge on any atom is -0.399 e. The van der Waals surface area contributed by atoms with Gasteiger partial charge in [-0.1, -0.05) is 0 Å². The topological polar surface area (TPSA) is 110 Å². The minimum absolute atomic E-state index is 0.0764. The molecule has 4 N–H and O–H groups in total. The average molecular weight is 278 g/mol. The number of nitrogens with two attached hydrogens (primary N) is 1. The molecule has 0 aliphatic carbocycles. The lowest BCUT2D eigenvalue weighted by Gasteiger charge is -2.08. The summed E-state index contributed by atoms with van der Waals surface area (Å²) in [5.74, 6) is -1.26. The average Bonchev–Trinajstić information content (AvgIpc) is 2.37. The Morgan fingerprint density at radius 3 is 2.80 bits per heavy atom. The highest BCUT2D eigenvalue weighted by Crippen LogP contribution is 2.17. The molecule has 2 rings (SSSR count). The molecule has 7 nitrogen and oxygen atoms in total. The molecule has 1 amide bonds. The number of aromatic amines is 1. The Balaban J connectivity index is 2.15. The summed E-state index contributed by atoms with van der Waals surface area (Å²) in [6.07, 6.45) is 1.18. The van der Waals surface area contributed by atoms with Crippen LogP contribution < -0.4 is 22.3 Å². The Morgan fingerprint density at radius 2 is 2.10 bits per heavy atom. The highest BCUT2D eigenvalue weighted by atomic mass is 19.1. The largest absolute Gasteiger partial charge is 0.399 e. The zero-order chi connectivity index (χ0) is 14.7. The summed E-state index contributed by atoms with van der Waals surface area (Å²) >= 11 is 0. The summed E-state index contributed by atoms with van der Waals surface area (Å²) in [7, 11) is 0. The summed E-state index contributed by atoms with van der Waals surface area (Å²) in [6, 6.07) is 4.85. The third-order valence-electron chi connectivity index (χ3n) is 2.48. The number of hydrogen-bond acceptors (Lipinski definition) is 4. The van der Waals surface area contributed by atoms with E-state index in [9.17, 15) is 18.8 Å². The van der Waals surface area contributed by atoms with Crippen molar-refractivity contribution in [3.8, 4) is 0 Å². The van der Waals surface area contributed by atoms with Crippen LogP contribution in [-0.2, 0) is 11.3 Å². The lowest BCUT2D eigenvalue weighted by Crippen LogP contribution is -2.32. The number of hydrogen-bond donors (Lipinski definition) is 3. The Labute approximate surface area is 111 Å². The fraction of sp³-hybridized carbons (Fsp3) is 0.0833. The van der Waals surface area contributed by atoms with Crippen LogP contribution in [0.4, 0.5) is 15.8 Å². The molecule has 1 aromatic heterocycles. The van der Waals surface area contributed by atoms with Crippen LogP contribution in [0.1, 0.15) is 0 Å². The normalized spacial score (nSPS) is 10.2. The molecular weight excluding hydrogens is 267 g/mol. The molecule has 0 fully saturated rings. The van der Waals surface area contributed by atoms with E-state index in [0.29, 0.717) is 5.69 Å². The smallest absolute Gasteiger partial charge is 0.328 e. The molecule has 0 radical (unpaired) electrons. The molecule has 2 aromatic rings. The molecule has 0 aliphatic heterocycles. The van der Waals surface area contributed by atoms with Crippen LogP contribution in [-0.4, -0.2) is 15.5 Å². The van der Waals surface area contributed by atoms with Gasteiger partial charge < -0.3 is 11.1 Å². The van der Waals surface area contributed by atoms with E-state index >= 15 is 0 Å². The third-order valence-corrected chi connectivity index (χ3v) is 2.48. The van der Waals surface area contributed by atoms with Crippen molar-refractivity contribution < 1.29 is 9.18 Å². The molecular formula is C12H11FN4O3. The number of anilines is 2. The summed E-state index contributed by atoms with van der Waals surface area (Å²) in [5.41, 5.74) is 4.42. The van der Waals surface area contributed by atoms with E-state index in [-0.39, 0.29) is 12.2 Å². The second-order valence-electron chi connectivity index (χ2n) is 4.03. The van der Waals surface area contributed by atoms with E-state index in [4.69, 9.17) is 5.73 Å². The van der Waals surface area contributed by atoms with Gasteiger partial charge in [0.15, 0.2) is 0 Å². The van der Waals surface area contributed by atoms with Gasteiger partial charge in [0.25, 0.3) is 5.56 Å². The van der Waals surface area contributed by atoms with E-state index < -0.39 is 23.0 Å². The maximum atomic E-state index is 13.4. The van der Waals surface area contributed by atoms with E-state index in [1.54, 1.807) is 0 Å². The van der Waals surface area contributed by atoms with Crippen LogP contribution >= 0.6 is 0 Å². The van der Waals surface area contributed by atoms with Gasteiger partial charge >= 0.3 is 5.69 Å². The molecule has 0 saturated heterocycles. The van der Waals surface area contributed by atoms with Gasteiger partial charge in [0, 0.05) is 18.0 Å². The van der Waals surface area contributed by atoms with Crippen molar-refractivity contribution in [3.05, 3.63) is 57.1 Å². The number of rotatable bonds is 3. The molecule has 104 valence electrons. The van der Waals surface area contributed by atoms with Gasteiger partial charge in [-0.25, -0.2) is 9.18 Å². The number of nitrogen functional groups attached to an aromatic ring is 1. The Kier molecular flexibility index (Phi) is 3.65. The van der Waals surface area contributed by atoms with Gasteiger partial charge in [0.1, 0.15) is 12.4 Å². The van der Waals surface area contributed by atoms with Crippen molar-refractivity contribution in [2.24, 2.45) is 0 Å². The monoisotopic (exact) mass is 278 g/mol. The van der Waals surface area contributed by atoms with Gasteiger partial charge in [-0.3, -0.25) is 19.1 Å². The van der Waals surface area contributed by atoms with E-state index in [0.717, 1.165) is 16.7 Å². The maximum absolute atomic E-state index is 13.4. The van der Waals surface area contributed by atoms with E-state index in [2.05, 4.69) is 5.32 Å². The number of amides is 1. The van der Waals surface area contributed by atoms with Crippen LogP contribution in [0.5, 0.6) is 0 Å². The summed E-state index contributed by atoms with van der Waals surface area (Å²) in [5, 5.41) is 2.30. The van der Waals surface area contributed by atoms with E-state index in [1.807, 2.05) is 4.98 Å². The van der Waals surface area contributed by atoms with Crippen molar-refractivity contribution in [1.82, 2.24) is 9.55 Å². The van der Waals surface area contributed by atoms with Crippen LogP contribution in [0.2, 0.25) is 0 Å². The Morgan fingerprint density at radius 1 is 1.35 bits per heavy atom. The standard InChI is InChI=1S/C12H11FN4O3/c13-8-2-1-7(14)5-9(8)15-11(19)6-17-4-3-10(18)16-12(17)20/h1-5H,6,14H2,(H,15,19)(H,16,18,20). The summed E-state index contributed by atoms with van der Waals surface area (Å²) < 4.78 is 14.4. The first-order valence-corrected chi connectivity index (χ1v) is 5.60. The lowest BCUT2D eigenvalue weighted by atomic mass is 10.2. The number of halogens is 1. The molecule has 0 atom stereocenters. The number of carbonyl (C=O) groups excluding carboxylic acids is 1. The first-order valence-electron chi connectivity index (χ1n) is 5.60. The molecule has 1 aromatic carbocycles. The first-order chi connectivity index (χ1) is 9.45. The number of H-pyrrole nitrogens is 1. The first kappa shape index (κ1) is 13.5. The number of nitrogens with one attached hydrogen (secondary N) is 2. The molecule has 1 heterocycles. The number of benzene rings is 1. The molecule has 0 saturated carbocycles. The molecule has 0 bridgehead atoms. The second kappa shape index (κ2) is 5.39. The zero-order valence-electron chi connectivity index (χ0n) is 10.2. The van der Waals surface area contributed by atoms with Crippen molar-refractivity contribution in [1.29, 1.82) is 0 Å². The van der Waals surface area contributed by atoms with Crippen molar-refractivity contribution in [2.45, 2.75) is 6.54 Å². The Hall–Kier alpha value is -2.90. The van der Waals surface area contributed by atoms with Crippen molar-refractivity contribution in [3.63, 3.8) is 0 Å². The SMILES string of the molecule is Nc1ccc(F)c(NC(=O)Cn2ccc(=O)[nH]c2=O)c1. The molecule has 0 aliphatic rings. The van der Waals surface area contributed by atoms with Crippen molar-refractivity contribution in [2.75, 3.05) is 11.1 Å². The molecule has 0 unspecified atom stereocenters. The summed E-state index contributed by atoms with van der Waals surface area (Å²) in [4.78, 5) is 36.0. The molecule has 20 heavy (non-hydrogen) atoms. The van der Waals surface area contributed by atoms with E-state index in [1.165, 1.54) is 18.3 Å². The fourth-order valence-electron chi connectivity index (χ4n) is 1.55. The number of nitrogens with zero attached hydrogens (tertiary/aromatic N) is 1. The maximum Gasteiger partial charge on any atom is 0.328 e. The second-order valence-corrected chi connectivity index (χ2v) is 4.03. The number of aromatic nitrogens is 2. The van der Waals surface area contributed by atoms with Crippen LogP contribution in [0.15, 0.2) is 40.1 Å². The van der Waals surface area contributed by atoms with Crippen LogP contribution in [0, 0.1) is 5.82 Å².